The average molecular weight is 396 g/mol. The highest BCUT2D eigenvalue weighted by atomic mass is 16.5. The van der Waals surface area contributed by atoms with Crippen LogP contribution in [-0.2, 0) is 27.1 Å². The molecule has 0 aromatic heterocycles. The van der Waals surface area contributed by atoms with Crippen LogP contribution in [0.2, 0.25) is 0 Å². The quantitative estimate of drug-likeness (QED) is 0.539. The molecule has 29 heavy (non-hydrogen) atoms. The molecule has 0 radical (unpaired) electrons. The number of carboxylic acid groups (broad SMARTS) is 1. The maximum absolute atomic E-state index is 12.0. The molecule has 0 spiro atoms. The van der Waals surface area contributed by atoms with Gasteiger partial charge < -0.3 is 14.6 Å². The molecule has 0 atom stereocenters. The molecule has 0 aliphatic rings. The first-order valence-corrected chi connectivity index (χ1v) is 9.15. The van der Waals surface area contributed by atoms with Gasteiger partial charge in [0.25, 0.3) is 0 Å². The minimum Gasteiger partial charge on any atom is -0.478 e. The van der Waals surface area contributed by atoms with Crippen molar-refractivity contribution in [2.75, 3.05) is 14.2 Å². The monoisotopic (exact) mass is 396 g/mol. The lowest BCUT2D eigenvalue weighted by molar-refractivity contribution is -0.131. The Labute approximate surface area is 169 Å². The second kappa shape index (κ2) is 10.2. The van der Waals surface area contributed by atoms with Crippen LogP contribution < -0.4 is 0 Å². The van der Waals surface area contributed by atoms with Crippen LogP contribution in [0.25, 0.3) is 6.08 Å². The van der Waals surface area contributed by atoms with E-state index >= 15 is 0 Å². The first kappa shape index (κ1) is 21.9. The normalized spacial score (nSPS) is 10.7. The van der Waals surface area contributed by atoms with Gasteiger partial charge in [-0.3, -0.25) is 0 Å². The van der Waals surface area contributed by atoms with E-state index in [0.29, 0.717) is 0 Å². The summed E-state index contributed by atoms with van der Waals surface area (Å²) in [5, 5.41) is 8.73. The van der Waals surface area contributed by atoms with E-state index in [1.807, 2.05) is 31.2 Å². The van der Waals surface area contributed by atoms with Gasteiger partial charge in [0.1, 0.15) is 0 Å². The van der Waals surface area contributed by atoms with Gasteiger partial charge in [-0.15, -0.1) is 0 Å². The fourth-order valence-electron chi connectivity index (χ4n) is 3.05. The topological polar surface area (TPSA) is 89.9 Å². The highest BCUT2D eigenvalue weighted by molar-refractivity contribution is 6.03. The Morgan fingerprint density at radius 3 is 2.07 bits per heavy atom. The average Bonchev–Trinajstić information content (AvgIpc) is 2.71. The van der Waals surface area contributed by atoms with Crippen LogP contribution in [0.3, 0.4) is 0 Å². The summed E-state index contributed by atoms with van der Waals surface area (Å²) < 4.78 is 9.49. The zero-order valence-electron chi connectivity index (χ0n) is 16.7. The Hall–Kier alpha value is -3.41. The molecular weight excluding hydrogens is 372 g/mol. The molecule has 2 rings (SSSR count). The number of hydrogen-bond acceptors (Lipinski definition) is 5. The van der Waals surface area contributed by atoms with E-state index in [1.54, 1.807) is 18.2 Å². The number of carbonyl (C=O) groups excluding carboxylic acids is 2. The van der Waals surface area contributed by atoms with E-state index in [0.717, 1.165) is 47.6 Å². The zero-order chi connectivity index (χ0) is 21.4. The fourth-order valence-corrected chi connectivity index (χ4v) is 3.05. The highest BCUT2D eigenvalue weighted by Crippen LogP contribution is 2.18. The molecule has 2 aromatic rings. The number of hydrogen-bond donors (Lipinski definition) is 1. The molecule has 0 fully saturated rings. The second-order valence-electron chi connectivity index (χ2n) is 6.58. The largest absolute Gasteiger partial charge is 0.478 e. The molecule has 0 saturated carbocycles. The van der Waals surface area contributed by atoms with Crippen LogP contribution in [0, 0.1) is 6.92 Å². The number of aliphatic carboxylic acids is 1. The molecule has 0 amide bonds. The van der Waals surface area contributed by atoms with Crippen molar-refractivity contribution >= 4 is 24.0 Å². The number of ether oxygens (including phenoxy) is 2. The van der Waals surface area contributed by atoms with Crippen LogP contribution >= 0.6 is 0 Å². The van der Waals surface area contributed by atoms with Crippen molar-refractivity contribution in [3.63, 3.8) is 0 Å². The lowest BCUT2D eigenvalue weighted by Crippen LogP contribution is -2.12. The van der Waals surface area contributed by atoms with E-state index in [2.05, 4.69) is 0 Å². The highest BCUT2D eigenvalue weighted by Gasteiger charge is 2.18. The van der Waals surface area contributed by atoms with Gasteiger partial charge in [-0.05, 0) is 66.6 Å². The van der Waals surface area contributed by atoms with E-state index < -0.39 is 17.9 Å². The smallest absolute Gasteiger partial charge is 0.338 e. The first-order chi connectivity index (χ1) is 13.8. The number of carboxylic acids is 1. The molecule has 0 unspecified atom stereocenters. The molecule has 0 aliphatic carbocycles. The summed E-state index contributed by atoms with van der Waals surface area (Å²) >= 11 is 0. The lowest BCUT2D eigenvalue weighted by Gasteiger charge is -2.10. The van der Waals surface area contributed by atoms with Gasteiger partial charge in [-0.2, -0.15) is 0 Å². The van der Waals surface area contributed by atoms with Gasteiger partial charge in [0.05, 0.1) is 25.3 Å². The van der Waals surface area contributed by atoms with Gasteiger partial charge in [0.2, 0.25) is 0 Å². The molecule has 6 heteroatoms. The first-order valence-electron chi connectivity index (χ1n) is 9.15. The maximum Gasteiger partial charge on any atom is 0.338 e. The summed E-state index contributed by atoms with van der Waals surface area (Å²) in [5.74, 6) is -2.13. The van der Waals surface area contributed by atoms with Crippen LogP contribution in [0.5, 0.6) is 0 Å². The number of aryl methyl sites for hydroxylation is 3. The predicted octanol–water partition coefficient (Wildman–Crippen LogP) is 3.84. The van der Waals surface area contributed by atoms with E-state index in [1.165, 1.54) is 14.2 Å². The van der Waals surface area contributed by atoms with Crippen molar-refractivity contribution in [1.29, 1.82) is 0 Å². The third-order valence-corrected chi connectivity index (χ3v) is 4.57. The Balaban J connectivity index is 2.06. The number of carbonyl (C=O) groups is 3. The molecular formula is C23H24O6. The van der Waals surface area contributed by atoms with Crippen molar-refractivity contribution < 1.29 is 29.0 Å². The summed E-state index contributed by atoms with van der Waals surface area (Å²) in [6.45, 7) is 1.94. The van der Waals surface area contributed by atoms with Crippen molar-refractivity contribution in [3.8, 4) is 0 Å². The van der Waals surface area contributed by atoms with Gasteiger partial charge in [0.15, 0.2) is 0 Å². The van der Waals surface area contributed by atoms with Gasteiger partial charge >= 0.3 is 17.9 Å². The van der Waals surface area contributed by atoms with Crippen molar-refractivity contribution in [3.05, 3.63) is 75.9 Å². The van der Waals surface area contributed by atoms with Crippen LogP contribution in [0.15, 0.2) is 42.5 Å². The van der Waals surface area contributed by atoms with Crippen molar-refractivity contribution in [2.45, 2.75) is 26.2 Å². The predicted molar refractivity (Wildman–Crippen MR) is 109 cm³/mol. The third kappa shape index (κ3) is 6.04. The fraction of sp³-hybridized carbons (Fsp3) is 0.261. The van der Waals surface area contributed by atoms with Crippen molar-refractivity contribution in [1.82, 2.24) is 0 Å². The summed E-state index contributed by atoms with van der Waals surface area (Å²) in [7, 11) is 2.54. The Morgan fingerprint density at radius 1 is 0.897 bits per heavy atom. The van der Waals surface area contributed by atoms with E-state index in [9.17, 15) is 14.4 Å². The molecule has 152 valence electrons. The maximum atomic E-state index is 12.0. The van der Waals surface area contributed by atoms with E-state index in [4.69, 9.17) is 14.6 Å². The number of esters is 2. The molecule has 1 N–H and O–H groups in total. The number of methoxy groups -OCH3 is 2. The minimum absolute atomic E-state index is 0.184. The summed E-state index contributed by atoms with van der Waals surface area (Å²) in [6, 6.07) is 11.0. The van der Waals surface area contributed by atoms with Gasteiger partial charge in [0, 0.05) is 6.08 Å². The standard InChI is InChI=1S/C23H24O6/c1-15-13-16(7-9-18(15)10-12-21(24)25)5-4-6-17-8-11-19(22(26)28-2)20(14-17)23(27)29-3/h7-14H,4-6H2,1-3H3,(H,24,25)/b12-10+. The Morgan fingerprint density at radius 2 is 1.48 bits per heavy atom. The SMILES string of the molecule is COC(=O)c1ccc(CCCc2ccc(/C=C/C(=O)O)c(C)c2)cc1C(=O)OC. The second-order valence-corrected chi connectivity index (χ2v) is 6.58. The van der Waals surface area contributed by atoms with E-state index in [-0.39, 0.29) is 11.1 Å². The minimum atomic E-state index is -0.974. The molecule has 0 saturated heterocycles. The summed E-state index contributed by atoms with van der Waals surface area (Å²) in [5.41, 5.74) is 4.34. The van der Waals surface area contributed by atoms with Gasteiger partial charge in [-0.25, -0.2) is 14.4 Å². The van der Waals surface area contributed by atoms with Crippen LogP contribution in [0.1, 0.15) is 49.4 Å². The molecule has 0 heterocycles. The molecule has 0 aliphatic heterocycles. The van der Waals surface area contributed by atoms with Crippen LogP contribution in [0.4, 0.5) is 0 Å². The number of rotatable bonds is 8. The molecule has 0 bridgehead atoms. The lowest BCUT2D eigenvalue weighted by atomic mass is 9.97. The third-order valence-electron chi connectivity index (χ3n) is 4.57. The van der Waals surface area contributed by atoms with Gasteiger partial charge in [-0.1, -0.05) is 24.3 Å². The summed E-state index contributed by atoms with van der Waals surface area (Å²) in [6.07, 6.45) is 5.11. The summed E-state index contributed by atoms with van der Waals surface area (Å²) in [4.78, 5) is 34.5. The Kier molecular flexibility index (Phi) is 7.71. The zero-order valence-corrected chi connectivity index (χ0v) is 16.7. The molecule has 2 aromatic carbocycles. The molecule has 6 nitrogen and oxygen atoms in total. The van der Waals surface area contributed by atoms with Crippen molar-refractivity contribution in [2.24, 2.45) is 0 Å². The number of benzene rings is 2. The Bertz CT molecular complexity index is 942. The van der Waals surface area contributed by atoms with Crippen LogP contribution in [-0.4, -0.2) is 37.2 Å².